The highest BCUT2D eigenvalue weighted by atomic mass is 16.5. The summed E-state index contributed by atoms with van der Waals surface area (Å²) in [6.07, 6.45) is 4.34. The maximum atomic E-state index is 10.6. The molecule has 0 radical (unpaired) electrons. The molecule has 0 heterocycles. The van der Waals surface area contributed by atoms with Gasteiger partial charge >= 0.3 is 5.97 Å². The minimum absolute atomic E-state index is 0.158. The van der Waals surface area contributed by atoms with Crippen molar-refractivity contribution in [1.29, 1.82) is 0 Å². The normalized spacial score (nSPS) is 29.8. The molecule has 1 fully saturated rings. The van der Waals surface area contributed by atoms with Gasteiger partial charge in [-0.2, -0.15) is 0 Å². The Labute approximate surface area is 73.3 Å². The van der Waals surface area contributed by atoms with E-state index < -0.39 is 0 Å². The van der Waals surface area contributed by atoms with E-state index in [0.717, 1.165) is 32.2 Å². The minimum atomic E-state index is -0.161. The van der Waals surface area contributed by atoms with Crippen LogP contribution in [0.1, 0.15) is 32.6 Å². The van der Waals surface area contributed by atoms with Crippen LogP contribution in [0.3, 0.4) is 0 Å². The first kappa shape index (κ1) is 9.52. The number of carbonyl (C=O) groups is 1. The summed E-state index contributed by atoms with van der Waals surface area (Å²) in [5, 5.41) is 0. The summed E-state index contributed by atoms with van der Waals surface area (Å²) in [7, 11) is 0. The van der Waals surface area contributed by atoms with Crippen molar-refractivity contribution >= 4 is 5.97 Å². The number of carbonyl (C=O) groups excluding carboxylic acids is 1. The summed E-state index contributed by atoms with van der Waals surface area (Å²) in [5.74, 6) is 0.489. The Bertz CT molecular complexity index is 151. The molecule has 1 aliphatic carbocycles. The lowest BCUT2D eigenvalue weighted by atomic mass is 9.87. The summed E-state index contributed by atoms with van der Waals surface area (Å²) in [6.45, 7) is 2.24. The van der Waals surface area contributed by atoms with E-state index in [2.05, 4.69) is 0 Å². The molecule has 3 heteroatoms. The summed E-state index contributed by atoms with van der Waals surface area (Å²) in [5.41, 5.74) is 5.54. The van der Waals surface area contributed by atoms with Crippen LogP contribution in [0.5, 0.6) is 0 Å². The lowest BCUT2D eigenvalue weighted by Gasteiger charge is -2.26. The van der Waals surface area contributed by atoms with Crippen LogP contribution in [-0.4, -0.2) is 18.6 Å². The van der Waals surface area contributed by atoms with Gasteiger partial charge < -0.3 is 10.5 Å². The van der Waals surface area contributed by atoms with Gasteiger partial charge in [0.25, 0.3) is 0 Å². The summed E-state index contributed by atoms with van der Waals surface area (Å²) >= 11 is 0. The van der Waals surface area contributed by atoms with Crippen LogP contribution in [0.2, 0.25) is 0 Å². The summed E-state index contributed by atoms with van der Waals surface area (Å²) in [6, 6.07) is 0. The standard InChI is InChI=1S/C9H17NO2/c1-7(11)12-9-4-2-8(6-10)3-5-9/h8-9H,2-6,10H2,1H3. The molecule has 12 heavy (non-hydrogen) atoms. The Morgan fingerprint density at radius 3 is 2.42 bits per heavy atom. The third-order valence-electron chi connectivity index (χ3n) is 2.46. The molecule has 0 aromatic rings. The van der Waals surface area contributed by atoms with E-state index in [4.69, 9.17) is 10.5 Å². The van der Waals surface area contributed by atoms with Gasteiger partial charge in [-0.05, 0) is 38.1 Å². The van der Waals surface area contributed by atoms with E-state index in [1.54, 1.807) is 0 Å². The molecule has 0 atom stereocenters. The van der Waals surface area contributed by atoms with Gasteiger partial charge in [0, 0.05) is 6.92 Å². The van der Waals surface area contributed by atoms with Crippen molar-refractivity contribution in [3.63, 3.8) is 0 Å². The number of esters is 1. The van der Waals surface area contributed by atoms with Gasteiger partial charge in [0.05, 0.1) is 0 Å². The van der Waals surface area contributed by atoms with Gasteiger partial charge in [0.1, 0.15) is 6.10 Å². The second-order valence-corrected chi connectivity index (χ2v) is 3.49. The van der Waals surface area contributed by atoms with Crippen LogP contribution in [0.25, 0.3) is 0 Å². The zero-order chi connectivity index (χ0) is 8.97. The molecule has 0 bridgehead atoms. The molecule has 0 unspecified atom stereocenters. The molecule has 0 aromatic heterocycles. The van der Waals surface area contributed by atoms with Crippen molar-refractivity contribution in [3.05, 3.63) is 0 Å². The van der Waals surface area contributed by atoms with Crippen molar-refractivity contribution in [3.8, 4) is 0 Å². The highest BCUT2D eigenvalue weighted by molar-refractivity contribution is 5.66. The number of ether oxygens (including phenoxy) is 1. The van der Waals surface area contributed by atoms with Gasteiger partial charge in [-0.25, -0.2) is 0 Å². The maximum Gasteiger partial charge on any atom is 0.302 e. The Hall–Kier alpha value is -0.570. The summed E-state index contributed by atoms with van der Waals surface area (Å²) in [4.78, 5) is 10.6. The Kier molecular flexibility index (Phi) is 3.53. The Morgan fingerprint density at radius 2 is 2.00 bits per heavy atom. The first-order chi connectivity index (χ1) is 5.72. The monoisotopic (exact) mass is 171 g/mol. The van der Waals surface area contributed by atoms with Crippen LogP contribution >= 0.6 is 0 Å². The number of rotatable bonds is 2. The SMILES string of the molecule is CC(=O)OC1CCC(CN)CC1. The molecular formula is C9H17NO2. The smallest absolute Gasteiger partial charge is 0.302 e. The Balaban J connectivity index is 2.21. The molecule has 70 valence electrons. The van der Waals surface area contributed by atoms with E-state index >= 15 is 0 Å². The van der Waals surface area contributed by atoms with E-state index in [0.29, 0.717) is 5.92 Å². The highest BCUT2D eigenvalue weighted by Crippen LogP contribution is 2.25. The molecular weight excluding hydrogens is 154 g/mol. The molecule has 3 nitrogen and oxygen atoms in total. The van der Waals surface area contributed by atoms with Gasteiger partial charge in [-0.1, -0.05) is 0 Å². The predicted octanol–water partition coefficient (Wildman–Crippen LogP) is 1.07. The van der Waals surface area contributed by atoms with E-state index in [-0.39, 0.29) is 12.1 Å². The molecule has 0 aromatic carbocycles. The third kappa shape index (κ3) is 2.81. The lowest BCUT2D eigenvalue weighted by molar-refractivity contribution is -0.148. The van der Waals surface area contributed by atoms with Gasteiger partial charge in [-0.15, -0.1) is 0 Å². The average molecular weight is 171 g/mol. The molecule has 1 rings (SSSR count). The Morgan fingerprint density at radius 1 is 1.42 bits per heavy atom. The fourth-order valence-electron chi connectivity index (χ4n) is 1.72. The maximum absolute atomic E-state index is 10.6. The van der Waals surface area contributed by atoms with Crippen LogP contribution in [0.4, 0.5) is 0 Å². The minimum Gasteiger partial charge on any atom is -0.463 e. The molecule has 1 saturated carbocycles. The zero-order valence-electron chi connectivity index (χ0n) is 7.58. The zero-order valence-corrected chi connectivity index (χ0v) is 7.58. The van der Waals surface area contributed by atoms with Crippen molar-refractivity contribution in [2.45, 2.75) is 38.7 Å². The van der Waals surface area contributed by atoms with Crippen molar-refractivity contribution in [1.82, 2.24) is 0 Å². The van der Waals surface area contributed by atoms with Gasteiger partial charge in [-0.3, -0.25) is 4.79 Å². The molecule has 1 aliphatic rings. The topological polar surface area (TPSA) is 52.3 Å². The molecule has 0 saturated heterocycles. The second kappa shape index (κ2) is 4.45. The quantitative estimate of drug-likeness (QED) is 0.632. The average Bonchev–Trinajstić information content (AvgIpc) is 2.05. The number of nitrogens with two attached hydrogens (primary N) is 1. The van der Waals surface area contributed by atoms with Gasteiger partial charge in [0.2, 0.25) is 0 Å². The summed E-state index contributed by atoms with van der Waals surface area (Å²) < 4.78 is 5.10. The van der Waals surface area contributed by atoms with Gasteiger partial charge in [0.15, 0.2) is 0 Å². The second-order valence-electron chi connectivity index (χ2n) is 3.49. The molecule has 2 N–H and O–H groups in total. The number of hydrogen-bond acceptors (Lipinski definition) is 3. The fourth-order valence-corrected chi connectivity index (χ4v) is 1.72. The predicted molar refractivity (Wildman–Crippen MR) is 46.6 cm³/mol. The van der Waals surface area contributed by atoms with Crippen LogP contribution < -0.4 is 5.73 Å². The van der Waals surface area contributed by atoms with E-state index in [9.17, 15) is 4.79 Å². The molecule has 0 spiro atoms. The van der Waals surface area contributed by atoms with Crippen LogP contribution in [0, 0.1) is 5.92 Å². The fraction of sp³-hybridized carbons (Fsp3) is 0.889. The largest absolute Gasteiger partial charge is 0.463 e. The molecule has 0 aliphatic heterocycles. The first-order valence-corrected chi connectivity index (χ1v) is 4.59. The van der Waals surface area contributed by atoms with Crippen molar-refractivity contribution in [2.24, 2.45) is 11.7 Å². The highest BCUT2D eigenvalue weighted by Gasteiger charge is 2.21. The molecule has 0 amide bonds. The van der Waals surface area contributed by atoms with Crippen molar-refractivity contribution < 1.29 is 9.53 Å². The van der Waals surface area contributed by atoms with Crippen LogP contribution in [-0.2, 0) is 9.53 Å². The number of hydrogen-bond donors (Lipinski definition) is 1. The van der Waals surface area contributed by atoms with E-state index in [1.165, 1.54) is 6.92 Å². The lowest BCUT2D eigenvalue weighted by Crippen LogP contribution is -2.26. The van der Waals surface area contributed by atoms with Crippen LogP contribution in [0.15, 0.2) is 0 Å². The third-order valence-corrected chi connectivity index (χ3v) is 2.46. The van der Waals surface area contributed by atoms with E-state index in [1.807, 2.05) is 0 Å². The first-order valence-electron chi connectivity index (χ1n) is 4.59. The van der Waals surface area contributed by atoms with Crippen molar-refractivity contribution in [2.75, 3.05) is 6.54 Å².